The Morgan fingerprint density at radius 2 is 1.87 bits per heavy atom. The molecule has 1 aromatic heterocycles. The number of hydrogen-bond acceptors (Lipinski definition) is 4. The standard InChI is InChI=1S/C15H18ClN3O3S/c16-13-6-4-12(5-7-13)15-10-14(22-18-15)11-17-23(20,21)19-8-2-1-3-9-19/h4-7,10,17H,1-3,8-9,11H2. The Hall–Kier alpha value is -1.41. The molecule has 0 unspecified atom stereocenters. The zero-order valence-electron chi connectivity index (χ0n) is 12.5. The van der Waals surface area contributed by atoms with E-state index in [9.17, 15) is 8.42 Å². The second-order valence-electron chi connectivity index (χ2n) is 5.47. The number of rotatable bonds is 5. The normalized spacial score (nSPS) is 16.6. The van der Waals surface area contributed by atoms with Crippen LogP contribution in [0, 0.1) is 0 Å². The first-order valence-corrected chi connectivity index (χ1v) is 9.33. The van der Waals surface area contributed by atoms with E-state index in [1.54, 1.807) is 18.2 Å². The van der Waals surface area contributed by atoms with Crippen molar-refractivity contribution in [3.8, 4) is 11.3 Å². The SMILES string of the molecule is O=S(=O)(NCc1cc(-c2ccc(Cl)cc2)no1)N1CCCCC1. The van der Waals surface area contributed by atoms with Crippen molar-refractivity contribution >= 4 is 21.8 Å². The van der Waals surface area contributed by atoms with E-state index in [1.807, 2.05) is 12.1 Å². The number of nitrogens with one attached hydrogen (secondary N) is 1. The molecule has 2 aromatic rings. The van der Waals surface area contributed by atoms with E-state index >= 15 is 0 Å². The minimum absolute atomic E-state index is 0.0828. The minimum Gasteiger partial charge on any atom is -0.359 e. The molecule has 6 nitrogen and oxygen atoms in total. The first kappa shape index (κ1) is 16.4. The van der Waals surface area contributed by atoms with Crippen LogP contribution in [0.25, 0.3) is 11.3 Å². The first-order chi connectivity index (χ1) is 11.0. The van der Waals surface area contributed by atoms with Gasteiger partial charge in [0.15, 0.2) is 5.76 Å². The average Bonchev–Trinajstić information content (AvgIpc) is 3.04. The number of benzene rings is 1. The molecule has 0 amide bonds. The van der Waals surface area contributed by atoms with Crippen LogP contribution in [0.2, 0.25) is 5.02 Å². The maximum Gasteiger partial charge on any atom is 0.279 e. The molecule has 0 aliphatic carbocycles. The van der Waals surface area contributed by atoms with Crippen LogP contribution in [0.3, 0.4) is 0 Å². The van der Waals surface area contributed by atoms with E-state index in [0.29, 0.717) is 29.6 Å². The Balaban J connectivity index is 1.64. The van der Waals surface area contributed by atoms with Crippen LogP contribution in [0.15, 0.2) is 34.9 Å². The van der Waals surface area contributed by atoms with Gasteiger partial charge in [-0.3, -0.25) is 0 Å². The topological polar surface area (TPSA) is 75.4 Å². The summed E-state index contributed by atoms with van der Waals surface area (Å²) < 4.78 is 33.7. The maximum atomic E-state index is 12.2. The van der Waals surface area contributed by atoms with Crippen molar-refractivity contribution in [2.24, 2.45) is 0 Å². The van der Waals surface area contributed by atoms with Crippen molar-refractivity contribution in [3.63, 3.8) is 0 Å². The number of aromatic nitrogens is 1. The molecule has 3 rings (SSSR count). The van der Waals surface area contributed by atoms with Crippen LogP contribution in [0.1, 0.15) is 25.0 Å². The number of halogens is 1. The highest BCUT2D eigenvalue weighted by Crippen LogP contribution is 2.21. The lowest BCUT2D eigenvalue weighted by Crippen LogP contribution is -2.43. The molecule has 1 fully saturated rings. The van der Waals surface area contributed by atoms with Gasteiger partial charge in [0.05, 0.1) is 6.54 Å². The van der Waals surface area contributed by atoms with Crippen LogP contribution < -0.4 is 4.72 Å². The Morgan fingerprint density at radius 1 is 1.17 bits per heavy atom. The van der Waals surface area contributed by atoms with Crippen molar-refractivity contribution in [2.45, 2.75) is 25.8 Å². The van der Waals surface area contributed by atoms with Gasteiger partial charge in [-0.25, -0.2) is 0 Å². The van der Waals surface area contributed by atoms with Crippen LogP contribution >= 0.6 is 11.6 Å². The van der Waals surface area contributed by atoms with E-state index in [1.165, 1.54) is 4.31 Å². The minimum atomic E-state index is -3.46. The summed E-state index contributed by atoms with van der Waals surface area (Å²) in [5, 5.41) is 4.61. The lowest BCUT2D eigenvalue weighted by Gasteiger charge is -2.25. The van der Waals surface area contributed by atoms with E-state index in [2.05, 4.69) is 9.88 Å². The van der Waals surface area contributed by atoms with E-state index in [0.717, 1.165) is 24.8 Å². The molecule has 124 valence electrons. The third kappa shape index (κ3) is 4.11. The molecule has 2 heterocycles. The van der Waals surface area contributed by atoms with Crippen molar-refractivity contribution in [1.29, 1.82) is 0 Å². The largest absolute Gasteiger partial charge is 0.359 e. The Kier molecular flexibility index (Phi) is 5.01. The number of hydrogen-bond donors (Lipinski definition) is 1. The fraction of sp³-hybridized carbons (Fsp3) is 0.400. The van der Waals surface area contributed by atoms with Gasteiger partial charge < -0.3 is 4.52 Å². The van der Waals surface area contributed by atoms with Gasteiger partial charge in [0.25, 0.3) is 10.2 Å². The molecule has 0 bridgehead atoms. The first-order valence-electron chi connectivity index (χ1n) is 7.51. The fourth-order valence-electron chi connectivity index (χ4n) is 2.51. The molecular formula is C15H18ClN3O3S. The highest BCUT2D eigenvalue weighted by Gasteiger charge is 2.23. The van der Waals surface area contributed by atoms with E-state index in [-0.39, 0.29) is 6.54 Å². The monoisotopic (exact) mass is 355 g/mol. The highest BCUT2D eigenvalue weighted by molar-refractivity contribution is 7.87. The van der Waals surface area contributed by atoms with Crippen molar-refractivity contribution < 1.29 is 12.9 Å². The second-order valence-corrected chi connectivity index (χ2v) is 7.66. The van der Waals surface area contributed by atoms with Gasteiger partial charge in [0.2, 0.25) is 0 Å². The highest BCUT2D eigenvalue weighted by atomic mass is 35.5. The van der Waals surface area contributed by atoms with Gasteiger partial charge in [0, 0.05) is 29.7 Å². The molecule has 1 aliphatic rings. The molecule has 23 heavy (non-hydrogen) atoms. The maximum absolute atomic E-state index is 12.2. The lowest BCUT2D eigenvalue weighted by molar-refractivity contribution is 0.337. The van der Waals surface area contributed by atoms with Crippen molar-refractivity contribution in [2.75, 3.05) is 13.1 Å². The molecule has 0 spiro atoms. The fourth-order valence-corrected chi connectivity index (χ4v) is 3.88. The Bertz CT molecular complexity index is 753. The van der Waals surface area contributed by atoms with Crippen molar-refractivity contribution in [3.05, 3.63) is 41.1 Å². The summed E-state index contributed by atoms with van der Waals surface area (Å²) in [7, 11) is -3.46. The summed E-state index contributed by atoms with van der Waals surface area (Å²) in [6.07, 6.45) is 2.90. The quantitative estimate of drug-likeness (QED) is 0.894. The molecule has 1 aromatic carbocycles. The van der Waals surface area contributed by atoms with Gasteiger partial charge in [-0.05, 0) is 25.0 Å². The summed E-state index contributed by atoms with van der Waals surface area (Å²) in [6.45, 7) is 1.23. The van der Waals surface area contributed by atoms with Crippen LogP contribution in [0.4, 0.5) is 0 Å². The molecular weight excluding hydrogens is 338 g/mol. The molecule has 0 saturated carbocycles. The van der Waals surface area contributed by atoms with Crippen molar-refractivity contribution in [1.82, 2.24) is 14.2 Å². The predicted octanol–water partition coefficient (Wildman–Crippen LogP) is 2.82. The van der Waals surface area contributed by atoms with Crippen LogP contribution in [-0.4, -0.2) is 31.0 Å². The molecule has 1 N–H and O–H groups in total. The molecule has 1 aliphatic heterocycles. The lowest BCUT2D eigenvalue weighted by atomic mass is 10.1. The van der Waals surface area contributed by atoms with Crippen LogP contribution in [-0.2, 0) is 16.8 Å². The predicted molar refractivity (Wildman–Crippen MR) is 88.1 cm³/mol. The number of piperidine rings is 1. The summed E-state index contributed by atoms with van der Waals surface area (Å²) in [6, 6.07) is 8.93. The van der Waals surface area contributed by atoms with Gasteiger partial charge >= 0.3 is 0 Å². The van der Waals surface area contributed by atoms with E-state index < -0.39 is 10.2 Å². The van der Waals surface area contributed by atoms with Crippen LogP contribution in [0.5, 0.6) is 0 Å². The zero-order valence-corrected chi connectivity index (χ0v) is 14.1. The molecule has 0 atom stereocenters. The van der Waals surface area contributed by atoms with E-state index in [4.69, 9.17) is 16.1 Å². The Labute approximate surface area is 140 Å². The second kappa shape index (κ2) is 7.00. The zero-order chi connectivity index (χ0) is 16.3. The Morgan fingerprint density at radius 3 is 2.57 bits per heavy atom. The summed E-state index contributed by atoms with van der Waals surface area (Å²) >= 11 is 5.85. The molecule has 1 saturated heterocycles. The average molecular weight is 356 g/mol. The molecule has 0 radical (unpaired) electrons. The van der Waals surface area contributed by atoms with Gasteiger partial charge in [-0.15, -0.1) is 0 Å². The smallest absolute Gasteiger partial charge is 0.279 e. The summed E-state index contributed by atoms with van der Waals surface area (Å²) in [5.41, 5.74) is 1.51. The third-order valence-corrected chi connectivity index (χ3v) is 5.59. The van der Waals surface area contributed by atoms with Gasteiger partial charge in [-0.2, -0.15) is 17.4 Å². The van der Waals surface area contributed by atoms with Gasteiger partial charge in [0.1, 0.15) is 5.69 Å². The number of nitrogens with zero attached hydrogens (tertiary/aromatic N) is 2. The van der Waals surface area contributed by atoms with Gasteiger partial charge in [-0.1, -0.05) is 35.3 Å². The summed E-state index contributed by atoms with van der Waals surface area (Å²) in [5.74, 6) is 0.468. The molecule has 8 heteroatoms. The summed E-state index contributed by atoms with van der Waals surface area (Å²) in [4.78, 5) is 0. The third-order valence-electron chi connectivity index (χ3n) is 3.78.